The Morgan fingerprint density at radius 2 is 2.15 bits per heavy atom. The predicted molar refractivity (Wildman–Crippen MR) is 102 cm³/mol. The summed E-state index contributed by atoms with van der Waals surface area (Å²) in [5, 5.41) is 12.0. The first-order chi connectivity index (χ1) is 13.0. The SMILES string of the molecule is C/C=C1/CN2[C@H]3C[C@@]45c6ccccc6N(C)[C@@H]4[C@@H]2C[C@@H]1[C@]3(C(=O)OC)[C@@H]5O. The maximum absolute atomic E-state index is 13.3. The van der Waals surface area contributed by atoms with Crippen molar-refractivity contribution in [1.82, 2.24) is 4.90 Å². The zero-order valence-corrected chi connectivity index (χ0v) is 16.1. The van der Waals surface area contributed by atoms with Crippen molar-refractivity contribution in [2.45, 2.75) is 49.4 Å². The first-order valence-corrected chi connectivity index (χ1v) is 10.0. The van der Waals surface area contributed by atoms with Gasteiger partial charge in [0, 0.05) is 42.7 Å². The van der Waals surface area contributed by atoms with Gasteiger partial charge in [-0.2, -0.15) is 0 Å². The molecule has 0 radical (unpaired) electrons. The van der Waals surface area contributed by atoms with Crippen LogP contribution in [0.1, 0.15) is 25.3 Å². The molecule has 1 spiro atoms. The number of para-hydroxylation sites is 1. The second-order valence-electron chi connectivity index (χ2n) is 9.05. The third-order valence-electron chi connectivity index (χ3n) is 8.72. The Labute approximate surface area is 159 Å². The van der Waals surface area contributed by atoms with E-state index in [2.05, 4.69) is 54.1 Å². The molecule has 5 nitrogen and oxygen atoms in total. The molecule has 27 heavy (non-hydrogen) atoms. The van der Waals surface area contributed by atoms with E-state index in [9.17, 15) is 9.90 Å². The molecule has 1 unspecified atom stereocenters. The van der Waals surface area contributed by atoms with E-state index >= 15 is 0 Å². The normalized spacial score (nSPS) is 49.5. The minimum atomic E-state index is -0.849. The maximum Gasteiger partial charge on any atom is 0.316 e. The molecule has 1 N–H and O–H groups in total. The Morgan fingerprint density at radius 3 is 2.89 bits per heavy atom. The van der Waals surface area contributed by atoms with Crippen molar-refractivity contribution < 1.29 is 14.6 Å². The highest BCUT2D eigenvalue weighted by Gasteiger charge is 2.82. The number of aliphatic hydroxyl groups excluding tert-OH is 1. The number of carbonyl (C=O) groups is 1. The quantitative estimate of drug-likeness (QED) is 0.606. The molecule has 5 aliphatic heterocycles. The number of hydrogen-bond acceptors (Lipinski definition) is 5. The lowest BCUT2D eigenvalue weighted by Gasteiger charge is -2.61. The lowest BCUT2D eigenvalue weighted by molar-refractivity contribution is -0.179. The lowest BCUT2D eigenvalue weighted by atomic mass is 9.58. The molecular weight excluding hydrogens is 340 g/mol. The average Bonchev–Trinajstić information content (AvgIpc) is 3.08. The van der Waals surface area contributed by atoms with Crippen LogP contribution in [-0.2, 0) is 14.9 Å². The average molecular weight is 366 g/mol. The van der Waals surface area contributed by atoms with Crippen LogP contribution in [-0.4, -0.2) is 60.9 Å². The molecule has 142 valence electrons. The minimum absolute atomic E-state index is 0.0585. The van der Waals surface area contributed by atoms with E-state index in [1.807, 2.05) is 0 Å². The van der Waals surface area contributed by atoms with E-state index in [0.29, 0.717) is 6.04 Å². The van der Waals surface area contributed by atoms with E-state index < -0.39 is 11.5 Å². The van der Waals surface area contributed by atoms with Crippen LogP contribution in [0.25, 0.3) is 0 Å². The van der Waals surface area contributed by atoms with Crippen LogP contribution in [0, 0.1) is 11.3 Å². The van der Waals surface area contributed by atoms with Crippen LogP contribution in [0.3, 0.4) is 0 Å². The van der Waals surface area contributed by atoms with Gasteiger partial charge in [0.1, 0.15) is 5.41 Å². The fraction of sp³-hybridized carbons (Fsp3) is 0.591. The van der Waals surface area contributed by atoms with Crippen molar-refractivity contribution in [1.29, 1.82) is 0 Å². The second kappa shape index (κ2) is 4.76. The fourth-order valence-corrected chi connectivity index (χ4v) is 7.97. The molecule has 5 fully saturated rings. The molecule has 6 aliphatic rings. The summed E-state index contributed by atoms with van der Waals surface area (Å²) in [5.41, 5.74) is 2.48. The van der Waals surface area contributed by atoms with E-state index in [1.54, 1.807) is 0 Å². The Morgan fingerprint density at radius 1 is 1.37 bits per heavy atom. The zero-order chi connectivity index (χ0) is 18.7. The van der Waals surface area contributed by atoms with Crippen molar-refractivity contribution in [3.63, 3.8) is 0 Å². The summed E-state index contributed by atoms with van der Waals surface area (Å²) < 4.78 is 5.37. The summed E-state index contributed by atoms with van der Waals surface area (Å²) in [7, 11) is 3.63. The summed E-state index contributed by atoms with van der Waals surface area (Å²) in [6.45, 7) is 2.97. The largest absolute Gasteiger partial charge is 0.468 e. The number of aliphatic hydroxyl groups is 1. The molecule has 7 rings (SSSR count). The van der Waals surface area contributed by atoms with Gasteiger partial charge >= 0.3 is 5.97 Å². The van der Waals surface area contributed by atoms with Gasteiger partial charge in [-0.25, -0.2) is 0 Å². The molecule has 1 aromatic rings. The summed E-state index contributed by atoms with van der Waals surface area (Å²) >= 11 is 0. The van der Waals surface area contributed by atoms with E-state index in [4.69, 9.17) is 4.74 Å². The van der Waals surface area contributed by atoms with Gasteiger partial charge in [0.25, 0.3) is 0 Å². The minimum Gasteiger partial charge on any atom is -0.468 e. The summed E-state index contributed by atoms with van der Waals surface area (Å²) in [4.78, 5) is 18.2. The fourth-order valence-electron chi connectivity index (χ4n) is 7.97. The Balaban J connectivity index is 1.67. The van der Waals surface area contributed by atoms with Crippen LogP contribution in [0.5, 0.6) is 0 Å². The van der Waals surface area contributed by atoms with Gasteiger partial charge in [-0.05, 0) is 31.4 Å². The highest BCUT2D eigenvalue weighted by Crippen LogP contribution is 2.72. The number of allylic oxidation sites excluding steroid dienone is 1. The number of methoxy groups -OCH3 is 1. The monoisotopic (exact) mass is 366 g/mol. The van der Waals surface area contributed by atoms with Gasteiger partial charge in [0.05, 0.1) is 19.3 Å². The van der Waals surface area contributed by atoms with E-state index in [1.165, 1.54) is 23.9 Å². The number of anilines is 1. The van der Waals surface area contributed by atoms with E-state index in [0.717, 1.165) is 19.4 Å². The van der Waals surface area contributed by atoms with Crippen molar-refractivity contribution in [3.05, 3.63) is 41.5 Å². The Bertz CT molecular complexity index is 897. The van der Waals surface area contributed by atoms with Gasteiger partial charge in [-0.1, -0.05) is 29.8 Å². The van der Waals surface area contributed by atoms with E-state index in [-0.39, 0.29) is 29.4 Å². The zero-order valence-electron chi connectivity index (χ0n) is 16.1. The third-order valence-corrected chi connectivity index (χ3v) is 8.72. The summed E-state index contributed by atoms with van der Waals surface area (Å²) in [6, 6.07) is 9.09. The highest BCUT2D eigenvalue weighted by atomic mass is 16.5. The van der Waals surface area contributed by atoms with Gasteiger partial charge in [-0.3, -0.25) is 9.69 Å². The molecule has 8 atom stereocenters. The van der Waals surface area contributed by atoms with Crippen LogP contribution < -0.4 is 4.90 Å². The number of carbonyl (C=O) groups excluding carboxylic acids is 1. The van der Waals surface area contributed by atoms with Crippen LogP contribution >= 0.6 is 0 Å². The number of fused-ring (bicyclic) bond motifs is 2. The molecular formula is C22H26N2O3. The standard InChI is InChI=1S/C22H26N2O3/c1-4-12-11-24-16-9-14(12)22(20(26)27-3)17(24)10-21(19(22)25)13-7-5-6-8-15(13)23(2)18(16)21/h4-8,14,16-19,25H,9-11H2,1-3H3/b12-4-/t14-,16-,17-,18+,19+,21+,22+/m0/s1. The van der Waals surface area contributed by atoms with Gasteiger partial charge < -0.3 is 14.7 Å². The molecule has 1 aliphatic carbocycles. The molecule has 5 bridgehead atoms. The maximum atomic E-state index is 13.3. The first-order valence-electron chi connectivity index (χ1n) is 10.0. The highest BCUT2D eigenvalue weighted by molar-refractivity contribution is 5.84. The number of benzene rings is 1. The molecule has 1 aromatic carbocycles. The van der Waals surface area contributed by atoms with Crippen molar-refractivity contribution in [2.24, 2.45) is 11.3 Å². The number of likely N-dealkylation sites (N-methyl/N-ethyl adjacent to an activating group) is 1. The van der Waals surface area contributed by atoms with Crippen molar-refractivity contribution in [3.8, 4) is 0 Å². The predicted octanol–water partition coefficient (Wildman–Crippen LogP) is 1.70. The second-order valence-corrected chi connectivity index (χ2v) is 9.05. The Kier molecular flexibility index (Phi) is 2.84. The summed E-state index contributed by atoms with van der Waals surface area (Å²) in [5.74, 6) is -0.146. The van der Waals surface area contributed by atoms with Crippen molar-refractivity contribution >= 4 is 11.7 Å². The third kappa shape index (κ3) is 1.40. The van der Waals surface area contributed by atoms with Gasteiger partial charge in [-0.15, -0.1) is 0 Å². The van der Waals surface area contributed by atoms with Crippen LogP contribution in [0.15, 0.2) is 35.9 Å². The number of ether oxygens (including phenoxy) is 1. The number of rotatable bonds is 1. The van der Waals surface area contributed by atoms with Gasteiger partial charge in [0.15, 0.2) is 0 Å². The van der Waals surface area contributed by atoms with Crippen molar-refractivity contribution in [2.75, 3.05) is 25.6 Å². The Hall–Kier alpha value is -1.85. The molecule has 1 saturated carbocycles. The molecule has 0 aromatic heterocycles. The molecule has 5 heteroatoms. The number of hydrogen-bond donors (Lipinski definition) is 1. The smallest absolute Gasteiger partial charge is 0.316 e. The number of esters is 1. The summed E-state index contributed by atoms with van der Waals surface area (Å²) in [6.07, 6.45) is 3.19. The molecule has 0 amide bonds. The number of nitrogens with zero attached hydrogens (tertiary/aromatic N) is 2. The lowest BCUT2D eigenvalue weighted by Crippen LogP contribution is -2.71. The van der Waals surface area contributed by atoms with Crippen LogP contribution in [0.2, 0.25) is 0 Å². The molecule has 5 heterocycles. The topological polar surface area (TPSA) is 53.0 Å². The first kappa shape index (κ1) is 16.1. The van der Waals surface area contributed by atoms with Gasteiger partial charge in [0.2, 0.25) is 0 Å². The van der Waals surface area contributed by atoms with Crippen LogP contribution in [0.4, 0.5) is 5.69 Å². The number of piperidine rings is 4. The molecule has 4 saturated heterocycles.